The maximum absolute atomic E-state index is 6.12. The first-order valence-corrected chi connectivity index (χ1v) is 12.0. The van der Waals surface area contributed by atoms with Crippen molar-refractivity contribution in [2.24, 2.45) is 0 Å². The van der Waals surface area contributed by atoms with Crippen LogP contribution in [0.4, 0.5) is 0 Å². The number of fused-ring (bicyclic) bond motifs is 1. The molecule has 0 saturated carbocycles. The van der Waals surface area contributed by atoms with Crippen molar-refractivity contribution in [3.05, 3.63) is 119 Å². The van der Waals surface area contributed by atoms with E-state index in [1.807, 2.05) is 37.3 Å². The lowest BCUT2D eigenvalue weighted by molar-refractivity contribution is 0.301. The van der Waals surface area contributed by atoms with E-state index < -0.39 is 0 Å². The fourth-order valence-corrected chi connectivity index (χ4v) is 4.38. The predicted octanol–water partition coefficient (Wildman–Crippen LogP) is 7.73. The number of hydrogen-bond donors (Lipinski definition) is 0. The Bertz CT molecular complexity index is 1390. The first kappa shape index (κ1) is 22.2. The highest BCUT2D eigenvalue weighted by Crippen LogP contribution is 2.24. The van der Waals surface area contributed by atoms with Crippen LogP contribution in [0.1, 0.15) is 23.4 Å². The second kappa shape index (κ2) is 10.1. The maximum atomic E-state index is 6.12. The van der Waals surface area contributed by atoms with Crippen molar-refractivity contribution in [1.82, 2.24) is 9.55 Å². The molecule has 0 bridgehead atoms. The first-order chi connectivity index (χ1) is 16.7. The number of imidazole rings is 1. The Hall–Kier alpha value is -3.56. The summed E-state index contributed by atoms with van der Waals surface area (Å²) >= 11 is 6.12. The van der Waals surface area contributed by atoms with Gasteiger partial charge in [-0.05, 0) is 65.9 Å². The smallest absolute Gasteiger partial charge is 0.119 e. The molecular weight excluding hydrogens is 440 g/mol. The van der Waals surface area contributed by atoms with Gasteiger partial charge in [0.2, 0.25) is 0 Å². The largest absolute Gasteiger partial charge is 0.494 e. The van der Waals surface area contributed by atoms with E-state index in [2.05, 4.69) is 71.3 Å². The molecule has 0 amide bonds. The molecule has 0 unspecified atom stereocenters. The highest BCUT2D eigenvalue weighted by Gasteiger charge is 2.11. The normalized spacial score (nSPS) is 11.1. The number of benzene rings is 4. The molecule has 0 saturated heterocycles. The van der Waals surface area contributed by atoms with Crippen LogP contribution in [0.25, 0.3) is 22.2 Å². The van der Waals surface area contributed by atoms with E-state index in [-0.39, 0.29) is 0 Å². The molecule has 170 valence electrons. The average molecular weight is 467 g/mol. The van der Waals surface area contributed by atoms with Crippen molar-refractivity contribution in [2.75, 3.05) is 6.61 Å². The van der Waals surface area contributed by atoms with Crippen molar-refractivity contribution in [3.8, 4) is 16.9 Å². The number of aryl methyl sites for hydroxylation is 2. The van der Waals surface area contributed by atoms with Crippen LogP contribution in [0.5, 0.6) is 5.75 Å². The van der Waals surface area contributed by atoms with E-state index in [1.54, 1.807) is 0 Å². The molecular formula is C30H27ClN2O. The number of hydrogen-bond acceptors (Lipinski definition) is 2. The molecule has 4 aromatic carbocycles. The van der Waals surface area contributed by atoms with Crippen LogP contribution in [-0.2, 0) is 13.0 Å². The molecule has 0 N–H and O–H groups in total. The number of aromatic nitrogens is 2. The molecule has 5 rings (SSSR count). The molecule has 5 aromatic rings. The van der Waals surface area contributed by atoms with Crippen LogP contribution in [-0.4, -0.2) is 16.2 Å². The maximum Gasteiger partial charge on any atom is 0.119 e. The molecule has 0 aliphatic carbocycles. The molecule has 0 aliphatic heterocycles. The minimum Gasteiger partial charge on any atom is -0.494 e. The fourth-order valence-electron chi connectivity index (χ4n) is 4.26. The number of nitrogens with zero attached hydrogens (tertiary/aromatic N) is 2. The molecule has 1 heterocycles. The zero-order valence-electron chi connectivity index (χ0n) is 19.2. The van der Waals surface area contributed by atoms with E-state index in [1.165, 1.54) is 22.2 Å². The summed E-state index contributed by atoms with van der Waals surface area (Å²) in [5.74, 6) is 1.94. The summed E-state index contributed by atoms with van der Waals surface area (Å²) in [4.78, 5) is 4.95. The monoisotopic (exact) mass is 466 g/mol. The molecule has 0 spiro atoms. The van der Waals surface area contributed by atoms with Crippen molar-refractivity contribution in [1.29, 1.82) is 0 Å². The Morgan fingerprint density at radius 1 is 0.824 bits per heavy atom. The van der Waals surface area contributed by atoms with Gasteiger partial charge in [0.1, 0.15) is 11.6 Å². The number of para-hydroxylation sites is 2. The Kier molecular flexibility index (Phi) is 6.64. The van der Waals surface area contributed by atoms with Crippen molar-refractivity contribution < 1.29 is 4.74 Å². The molecule has 3 nitrogen and oxygen atoms in total. The van der Waals surface area contributed by atoms with Crippen molar-refractivity contribution >= 4 is 22.6 Å². The molecule has 0 fully saturated rings. The van der Waals surface area contributed by atoms with E-state index in [0.717, 1.165) is 47.1 Å². The minimum atomic E-state index is 0.638. The average Bonchev–Trinajstić information content (AvgIpc) is 3.22. The highest BCUT2D eigenvalue weighted by molar-refractivity contribution is 6.31. The second-order valence-corrected chi connectivity index (χ2v) is 8.93. The predicted molar refractivity (Wildman–Crippen MR) is 141 cm³/mol. The van der Waals surface area contributed by atoms with Crippen LogP contribution >= 0.6 is 11.6 Å². The quantitative estimate of drug-likeness (QED) is 0.219. The first-order valence-electron chi connectivity index (χ1n) is 11.6. The third-order valence-electron chi connectivity index (χ3n) is 6.08. The second-order valence-electron chi connectivity index (χ2n) is 8.52. The summed E-state index contributed by atoms with van der Waals surface area (Å²) in [6, 6.07) is 33.4. The summed E-state index contributed by atoms with van der Waals surface area (Å²) in [6.45, 7) is 3.48. The number of rotatable bonds is 8. The van der Waals surface area contributed by atoms with E-state index >= 15 is 0 Å². The van der Waals surface area contributed by atoms with E-state index in [0.29, 0.717) is 6.61 Å². The molecule has 0 radical (unpaired) electrons. The topological polar surface area (TPSA) is 27.1 Å². The van der Waals surface area contributed by atoms with Gasteiger partial charge in [-0.1, -0.05) is 78.3 Å². The SMILES string of the molecule is Cc1cc(OCCCn2c(Cc3ccc(-c4ccccc4)cc3)nc3ccccc32)ccc1Cl. The third kappa shape index (κ3) is 5.00. The van der Waals surface area contributed by atoms with Crippen LogP contribution in [0, 0.1) is 6.92 Å². The van der Waals surface area contributed by atoms with Gasteiger partial charge in [-0.3, -0.25) is 0 Å². The Labute approximate surface area is 205 Å². The lowest BCUT2D eigenvalue weighted by atomic mass is 10.0. The lowest BCUT2D eigenvalue weighted by Gasteiger charge is -2.11. The molecule has 34 heavy (non-hydrogen) atoms. The molecule has 0 aliphatic rings. The summed E-state index contributed by atoms with van der Waals surface area (Å²) in [6.07, 6.45) is 1.68. The number of ether oxygens (including phenoxy) is 1. The standard InChI is InChI=1S/C30H27ClN2O/c1-22-20-26(16-17-27(22)31)34-19-7-18-33-29-11-6-5-10-28(29)32-30(33)21-23-12-14-25(15-13-23)24-8-3-2-4-9-24/h2-6,8-17,20H,7,18-19,21H2,1H3. The Balaban J connectivity index is 1.30. The van der Waals surface area contributed by atoms with Gasteiger partial charge in [-0.25, -0.2) is 4.98 Å². The van der Waals surface area contributed by atoms with Gasteiger partial charge in [0.05, 0.1) is 17.6 Å². The van der Waals surface area contributed by atoms with Crippen LogP contribution in [0.3, 0.4) is 0 Å². The third-order valence-corrected chi connectivity index (χ3v) is 6.51. The zero-order valence-corrected chi connectivity index (χ0v) is 20.0. The van der Waals surface area contributed by atoms with Gasteiger partial charge in [0, 0.05) is 18.0 Å². The van der Waals surface area contributed by atoms with Gasteiger partial charge < -0.3 is 9.30 Å². The van der Waals surface area contributed by atoms with Gasteiger partial charge in [-0.2, -0.15) is 0 Å². The zero-order chi connectivity index (χ0) is 23.3. The Morgan fingerprint density at radius 2 is 1.56 bits per heavy atom. The lowest BCUT2D eigenvalue weighted by Crippen LogP contribution is -2.08. The summed E-state index contributed by atoms with van der Waals surface area (Å²) < 4.78 is 8.30. The van der Waals surface area contributed by atoms with E-state index in [4.69, 9.17) is 21.3 Å². The summed E-state index contributed by atoms with van der Waals surface area (Å²) in [5, 5.41) is 0.763. The van der Waals surface area contributed by atoms with Crippen molar-refractivity contribution in [3.63, 3.8) is 0 Å². The summed E-state index contributed by atoms with van der Waals surface area (Å²) in [7, 11) is 0. The molecule has 1 aromatic heterocycles. The number of halogens is 1. The fraction of sp³-hybridized carbons (Fsp3) is 0.167. The van der Waals surface area contributed by atoms with Crippen LogP contribution in [0.2, 0.25) is 5.02 Å². The van der Waals surface area contributed by atoms with Gasteiger partial charge in [0.25, 0.3) is 0 Å². The van der Waals surface area contributed by atoms with Gasteiger partial charge in [-0.15, -0.1) is 0 Å². The Morgan fingerprint density at radius 3 is 2.35 bits per heavy atom. The molecule has 4 heteroatoms. The van der Waals surface area contributed by atoms with Gasteiger partial charge >= 0.3 is 0 Å². The van der Waals surface area contributed by atoms with Crippen LogP contribution in [0.15, 0.2) is 97.1 Å². The minimum absolute atomic E-state index is 0.638. The van der Waals surface area contributed by atoms with Crippen molar-refractivity contribution in [2.45, 2.75) is 26.3 Å². The van der Waals surface area contributed by atoms with E-state index in [9.17, 15) is 0 Å². The highest BCUT2D eigenvalue weighted by atomic mass is 35.5. The van der Waals surface area contributed by atoms with Crippen LogP contribution < -0.4 is 4.74 Å². The summed E-state index contributed by atoms with van der Waals surface area (Å²) in [5.41, 5.74) is 6.95. The van der Waals surface area contributed by atoms with Gasteiger partial charge in [0.15, 0.2) is 0 Å². The molecule has 0 atom stereocenters.